The van der Waals surface area contributed by atoms with Crippen LogP contribution >= 0.6 is 11.3 Å². The van der Waals surface area contributed by atoms with Crippen LogP contribution in [0.2, 0.25) is 0 Å². The molecule has 2 aliphatic heterocycles. The number of carbonyl (C=O) groups is 1. The predicted molar refractivity (Wildman–Crippen MR) is 94.9 cm³/mol. The number of hydrogen-bond acceptors (Lipinski definition) is 4. The van der Waals surface area contributed by atoms with Gasteiger partial charge >= 0.3 is 0 Å². The largest absolute Gasteiger partial charge is 0.497 e. The fourth-order valence-electron chi connectivity index (χ4n) is 3.54. The van der Waals surface area contributed by atoms with Crippen LogP contribution in [-0.4, -0.2) is 26.1 Å². The van der Waals surface area contributed by atoms with E-state index >= 15 is 0 Å². The molecule has 0 saturated carbocycles. The molecule has 2 aliphatic rings. The molecule has 4 rings (SSSR count). The van der Waals surface area contributed by atoms with Crippen molar-refractivity contribution in [2.75, 3.05) is 25.5 Å². The van der Waals surface area contributed by atoms with Gasteiger partial charge in [-0.1, -0.05) is 12.1 Å². The Morgan fingerprint density at radius 2 is 2.25 bits per heavy atom. The molecule has 2 aromatic rings. The maximum absolute atomic E-state index is 12.7. The van der Waals surface area contributed by atoms with Crippen molar-refractivity contribution in [1.82, 2.24) is 5.32 Å². The lowest BCUT2D eigenvalue weighted by atomic mass is 10.0. The molecule has 0 fully saturated rings. The predicted octanol–water partition coefficient (Wildman–Crippen LogP) is 1.57. The third-order valence-corrected chi connectivity index (χ3v) is 6.10. The second-order valence-electron chi connectivity index (χ2n) is 6.32. The molecule has 1 unspecified atom stereocenters. The van der Waals surface area contributed by atoms with Crippen LogP contribution < -0.4 is 20.3 Å². The van der Waals surface area contributed by atoms with Crippen LogP contribution in [-0.2, 0) is 13.0 Å². The van der Waals surface area contributed by atoms with Gasteiger partial charge in [0, 0.05) is 6.42 Å². The summed E-state index contributed by atoms with van der Waals surface area (Å²) in [6, 6.07) is 7.81. The summed E-state index contributed by atoms with van der Waals surface area (Å²) in [4.78, 5) is 15.7. The van der Waals surface area contributed by atoms with Gasteiger partial charge in [0.2, 0.25) is 0 Å². The van der Waals surface area contributed by atoms with Crippen LogP contribution in [0.25, 0.3) is 0 Å². The Kier molecular flexibility index (Phi) is 3.94. The Bertz CT molecular complexity index is 787. The summed E-state index contributed by atoms with van der Waals surface area (Å²) in [6.45, 7) is 5.49. The van der Waals surface area contributed by atoms with Crippen molar-refractivity contribution in [3.8, 4) is 5.75 Å². The zero-order chi connectivity index (χ0) is 16.7. The van der Waals surface area contributed by atoms with E-state index in [2.05, 4.69) is 17.6 Å². The van der Waals surface area contributed by atoms with Crippen LogP contribution in [0, 0.1) is 0 Å². The molecular weight excluding hydrogens is 322 g/mol. The fraction of sp³-hybridized carbons (Fsp3) is 0.389. The molecule has 3 N–H and O–H groups in total. The number of amides is 1. The van der Waals surface area contributed by atoms with Crippen molar-refractivity contribution >= 4 is 22.2 Å². The molecule has 0 saturated heterocycles. The van der Waals surface area contributed by atoms with Crippen molar-refractivity contribution in [2.45, 2.75) is 26.1 Å². The number of hydrogen-bond donors (Lipinski definition) is 3. The number of thiophene rings is 1. The van der Waals surface area contributed by atoms with Crippen molar-refractivity contribution in [1.29, 1.82) is 0 Å². The number of carbonyl (C=O) groups excluding carboxylic acids is 1. The first-order chi connectivity index (χ1) is 11.7. The number of nitrogens with one attached hydrogen (secondary N) is 3. The summed E-state index contributed by atoms with van der Waals surface area (Å²) in [5.74, 6) is 0.830. The molecule has 0 bridgehead atoms. The Labute approximate surface area is 145 Å². The number of quaternary nitrogens is 1. The van der Waals surface area contributed by atoms with E-state index in [4.69, 9.17) is 4.74 Å². The topological polar surface area (TPSA) is 54.8 Å². The number of anilines is 1. The third-order valence-electron chi connectivity index (χ3n) is 4.93. The SMILES string of the molecule is CC[NH+]1CCc2c(sc3c2C(=O)N[C@@H](c2cccc(OC)c2)N3)C1. The van der Waals surface area contributed by atoms with Crippen LogP contribution in [0.1, 0.15) is 39.5 Å². The molecule has 1 aromatic carbocycles. The summed E-state index contributed by atoms with van der Waals surface area (Å²) in [5, 5.41) is 7.61. The van der Waals surface area contributed by atoms with E-state index in [0.717, 1.165) is 47.9 Å². The zero-order valence-electron chi connectivity index (χ0n) is 13.9. The summed E-state index contributed by atoms with van der Waals surface area (Å²) in [5.41, 5.74) is 3.12. The highest BCUT2D eigenvalue weighted by Crippen LogP contribution is 2.39. The van der Waals surface area contributed by atoms with E-state index in [1.807, 2.05) is 24.3 Å². The van der Waals surface area contributed by atoms with Crippen molar-refractivity contribution in [2.24, 2.45) is 0 Å². The Morgan fingerprint density at radius 3 is 3.04 bits per heavy atom. The maximum Gasteiger partial charge on any atom is 0.256 e. The highest BCUT2D eigenvalue weighted by Gasteiger charge is 2.34. The third kappa shape index (κ3) is 2.56. The molecule has 126 valence electrons. The van der Waals surface area contributed by atoms with Crippen molar-refractivity contribution in [3.05, 3.63) is 45.8 Å². The Morgan fingerprint density at radius 1 is 1.38 bits per heavy atom. The highest BCUT2D eigenvalue weighted by atomic mass is 32.1. The average molecular weight is 344 g/mol. The fourth-order valence-corrected chi connectivity index (χ4v) is 4.88. The number of methoxy groups -OCH3 is 1. The lowest BCUT2D eigenvalue weighted by Crippen LogP contribution is -3.11. The van der Waals surface area contributed by atoms with Crippen LogP contribution in [0.4, 0.5) is 5.00 Å². The van der Waals surface area contributed by atoms with Gasteiger partial charge < -0.3 is 20.3 Å². The van der Waals surface area contributed by atoms with Gasteiger partial charge in [0.15, 0.2) is 0 Å². The van der Waals surface area contributed by atoms with Gasteiger partial charge in [0.05, 0.1) is 30.6 Å². The van der Waals surface area contributed by atoms with Gasteiger partial charge in [0.25, 0.3) is 5.91 Å². The summed E-state index contributed by atoms with van der Waals surface area (Å²) >= 11 is 1.74. The smallest absolute Gasteiger partial charge is 0.256 e. The van der Waals surface area contributed by atoms with Crippen molar-refractivity contribution in [3.63, 3.8) is 0 Å². The lowest BCUT2D eigenvalue weighted by Gasteiger charge is -2.27. The molecule has 1 amide bonds. The molecule has 0 aliphatic carbocycles. The molecule has 3 heterocycles. The quantitative estimate of drug-likeness (QED) is 0.792. The molecule has 6 heteroatoms. The van der Waals surface area contributed by atoms with Gasteiger partial charge in [0.1, 0.15) is 23.5 Å². The zero-order valence-corrected chi connectivity index (χ0v) is 14.8. The number of benzene rings is 1. The first kappa shape index (κ1) is 15.5. The first-order valence-corrected chi connectivity index (χ1v) is 9.20. The molecule has 1 aromatic heterocycles. The summed E-state index contributed by atoms with van der Waals surface area (Å²) in [7, 11) is 1.65. The van der Waals surface area contributed by atoms with Gasteiger partial charge in [-0.15, -0.1) is 11.3 Å². The minimum Gasteiger partial charge on any atom is -0.497 e. The van der Waals surface area contributed by atoms with Gasteiger partial charge in [-0.2, -0.15) is 0 Å². The normalized spacial score (nSPS) is 22.2. The van der Waals surface area contributed by atoms with E-state index in [0.29, 0.717) is 0 Å². The molecule has 24 heavy (non-hydrogen) atoms. The first-order valence-electron chi connectivity index (χ1n) is 8.39. The summed E-state index contributed by atoms with van der Waals surface area (Å²) in [6.07, 6.45) is 0.776. The molecule has 5 nitrogen and oxygen atoms in total. The second kappa shape index (κ2) is 6.11. The average Bonchev–Trinajstić information content (AvgIpc) is 2.99. The Balaban J connectivity index is 1.66. The van der Waals surface area contributed by atoms with Crippen LogP contribution in [0.5, 0.6) is 5.75 Å². The van der Waals surface area contributed by atoms with E-state index in [-0.39, 0.29) is 12.1 Å². The van der Waals surface area contributed by atoms with Crippen LogP contribution in [0.15, 0.2) is 24.3 Å². The minimum atomic E-state index is -0.213. The number of fused-ring (bicyclic) bond motifs is 3. The lowest BCUT2D eigenvalue weighted by molar-refractivity contribution is -0.913. The number of likely N-dealkylation sites (N-methyl/N-ethyl adjacent to an activating group) is 1. The number of rotatable bonds is 3. The Hall–Kier alpha value is -2.05. The van der Waals surface area contributed by atoms with E-state index in [1.54, 1.807) is 23.3 Å². The van der Waals surface area contributed by atoms with E-state index in [9.17, 15) is 4.79 Å². The molecule has 0 radical (unpaired) electrons. The molecule has 0 spiro atoms. The standard InChI is InChI=1S/C18H21N3O2S/c1-3-21-8-7-13-14(10-21)24-18-15(13)17(22)19-16(20-18)11-5-4-6-12(9-11)23-2/h4-6,9,16,20H,3,7-8,10H2,1-2H3,(H,19,22)/p+1/t16-/m1/s1. The van der Waals surface area contributed by atoms with Gasteiger partial charge in [-0.25, -0.2) is 0 Å². The van der Waals surface area contributed by atoms with Gasteiger partial charge in [-0.05, 0) is 30.2 Å². The number of ether oxygens (including phenoxy) is 1. The second-order valence-corrected chi connectivity index (χ2v) is 7.42. The highest BCUT2D eigenvalue weighted by molar-refractivity contribution is 7.16. The van der Waals surface area contributed by atoms with E-state index in [1.165, 1.54) is 10.4 Å². The molecular formula is C18H22N3O2S+. The monoisotopic (exact) mass is 344 g/mol. The molecule has 2 atom stereocenters. The van der Waals surface area contributed by atoms with E-state index < -0.39 is 0 Å². The summed E-state index contributed by atoms with van der Waals surface area (Å²) < 4.78 is 5.29. The minimum absolute atomic E-state index is 0.0361. The van der Waals surface area contributed by atoms with Gasteiger partial charge in [-0.3, -0.25) is 4.79 Å². The van der Waals surface area contributed by atoms with Crippen molar-refractivity contribution < 1.29 is 14.4 Å². The maximum atomic E-state index is 12.7. The van der Waals surface area contributed by atoms with Crippen LogP contribution in [0.3, 0.4) is 0 Å².